The van der Waals surface area contributed by atoms with E-state index in [2.05, 4.69) is 15.6 Å². The summed E-state index contributed by atoms with van der Waals surface area (Å²) in [6.45, 7) is 0.643. The molecular weight excluding hydrogens is 154 g/mol. The molecule has 1 aromatic heterocycles. The third-order valence-electron chi connectivity index (χ3n) is 1.86. The molecule has 1 unspecified atom stereocenters. The van der Waals surface area contributed by atoms with E-state index in [1.54, 1.807) is 12.4 Å². The lowest BCUT2D eigenvalue weighted by Gasteiger charge is -2.06. The Morgan fingerprint density at radius 2 is 2.50 bits per heavy atom. The third-order valence-corrected chi connectivity index (χ3v) is 1.86. The minimum absolute atomic E-state index is 0.0752. The van der Waals surface area contributed by atoms with Gasteiger partial charge in [-0.15, -0.1) is 0 Å². The van der Waals surface area contributed by atoms with Crippen molar-refractivity contribution in [1.82, 2.24) is 15.6 Å². The number of amides is 2. The Morgan fingerprint density at radius 3 is 3.08 bits per heavy atom. The van der Waals surface area contributed by atoms with Crippen molar-refractivity contribution in [1.29, 1.82) is 0 Å². The first kappa shape index (κ1) is 7.09. The zero-order valence-corrected chi connectivity index (χ0v) is 6.45. The first-order valence-corrected chi connectivity index (χ1v) is 3.80. The van der Waals surface area contributed by atoms with Crippen molar-refractivity contribution in [2.45, 2.75) is 6.04 Å². The maximum atomic E-state index is 10.8. The monoisotopic (exact) mass is 163 g/mol. The number of aromatic nitrogens is 1. The van der Waals surface area contributed by atoms with Gasteiger partial charge in [-0.1, -0.05) is 6.07 Å². The Kier molecular flexibility index (Phi) is 1.66. The number of hydrogen-bond acceptors (Lipinski definition) is 2. The Bertz CT molecular complexity index is 286. The molecule has 0 aromatic carbocycles. The van der Waals surface area contributed by atoms with Gasteiger partial charge in [0.15, 0.2) is 0 Å². The summed E-state index contributed by atoms with van der Waals surface area (Å²) < 4.78 is 0. The molecule has 1 fully saturated rings. The molecule has 1 aliphatic heterocycles. The van der Waals surface area contributed by atoms with Gasteiger partial charge in [-0.2, -0.15) is 0 Å². The molecule has 1 saturated heterocycles. The molecule has 62 valence electrons. The number of pyridine rings is 1. The zero-order chi connectivity index (χ0) is 8.39. The van der Waals surface area contributed by atoms with Crippen molar-refractivity contribution in [2.24, 2.45) is 0 Å². The molecule has 0 radical (unpaired) electrons. The molecule has 2 amide bonds. The van der Waals surface area contributed by atoms with Gasteiger partial charge in [0.2, 0.25) is 0 Å². The van der Waals surface area contributed by atoms with Gasteiger partial charge in [0, 0.05) is 18.9 Å². The van der Waals surface area contributed by atoms with Gasteiger partial charge in [0.05, 0.1) is 6.04 Å². The molecule has 0 spiro atoms. The topological polar surface area (TPSA) is 54.0 Å². The molecule has 0 aliphatic carbocycles. The largest absolute Gasteiger partial charge is 0.336 e. The van der Waals surface area contributed by atoms with E-state index < -0.39 is 0 Å². The van der Waals surface area contributed by atoms with Crippen LogP contribution in [0, 0.1) is 0 Å². The van der Waals surface area contributed by atoms with E-state index in [4.69, 9.17) is 0 Å². The maximum Gasteiger partial charge on any atom is 0.315 e. The molecule has 0 saturated carbocycles. The zero-order valence-electron chi connectivity index (χ0n) is 6.45. The number of nitrogens with one attached hydrogen (secondary N) is 2. The van der Waals surface area contributed by atoms with Crippen LogP contribution in [0.5, 0.6) is 0 Å². The number of carbonyl (C=O) groups is 1. The molecule has 2 rings (SSSR count). The van der Waals surface area contributed by atoms with Crippen LogP contribution in [-0.4, -0.2) is 17.6 Å². The number of urea groups is 1. The van der Waals surface area contributed by atoms with Crippen LogP contribution >= 0.6 is 0 Å². The first-order valence-electron chi connectivity index (χ1n) is 3.80. The molecule has 4 nitrogen and oxygen atoms in total. The number of hydrogen-bond donors (Lipinski definition) is 2. The lowest BCUT2D eigenvalue weighted by Crippen LogP contribution is -2.21. The number of carbonyl (C=O) groups excluding carboxylic acids is 1. The highest BCUT2D eigenvalue weighted by Crippen LogP contribution is 2.12. The van der Waals surface area contributed by atoms with Crippen LogP contribution in [0.2, 0.25) is 0 Å². The summed E-state index contributed by atoms with van der Waals surface area (Å²) in [6.07, 6.45) is 3.48. The van der Waals surface area contributed by atoms with E-state index >= 15 is 0 Å². The summed E-state index contributed by atoms with van der Waals surface area (Å²) >= 11 is 0. The average Bonchev–Trinajstić information content (AvgIpc) is 2.54. The van der Waals surface area contributed by atoms with Gasteiger partial charge in [-0.05, 0) is 11.6 Å². The minimum Gasteiger partial charge on any atom is -0.336 e. The van der Waals surface area contributed by atoms with Gasteiger partial charge >= 0.3 is 6.03 Å². The van der Waals surface area contributed by atoms with E-state index in [0.717, 1.165) is 5.56 Å². The van der Waals surface area contributed by atoms with E-state index in [-0.39, 0.29) is 12.1 Å². The summed E-state index contributed by atoms with van der Waals surface area (Å²) in [5.41, 5.74) is 1.04. The van der Waals surface area contributed by atoms with Gasteiger partial charge in [0.1, 0.15) is 0 Å². The number of nitrogens with zero attached hydrogens (tertiary/aromatic N) is 1. The highest BCUT2D eigenvalue weighted by molar-refractivity contribution is 5.76. The van der Waals surface area contributed by atoms with Crippen molar-refractivity contribution in [2.75, 3.05) is 6.54 Å². The standard InChI is InChI=1S/C8H9N3O/c12-8-10-5-7(11-8)6-2-1-3-9-4-6/h1-4,7H,5H2,(H2,10,11,12). The fourth-order valence-electron chi connectivity index (χ4n) is 1.24. The quantitative estimate of drug-likeness (QED) is 0.631. The lowest BCUT2D eigenvalue weighted by atomic mass is 10.1. The summed E-state index contributed by atoms with van der Waals surface area (Å²) in [4.78, 5) is 14.8. The van der Waals surface area contributed by atoms with Crippen molar-refractivity contribution in [3.63, 3.8) is 0 Å². The Balaban J connectivity index is 2.16. The van der Waals surface area contributed by atoms with Crippen LogP contribution in [0.4, 0.5) is 4.79 Å². The normalized spacial score (nSPS) is 21.7. The van der Waals surface area contributed by atoms with Crippen LogP contribution in [-0.2, 0) is 0 Å². The summed E-state index contributed by atoms with van der Waals surface area (Å²) in [5.74, 6) is 0. The Morgan fingerprint density at radius 1 is 1.58 bits per heavy atom. The molecule has 1 atom stereocenters. The van der Waals surface area contributed by atoms with Crippen molar-refractivity contribution < 1.29 is 4.79 Å². The van der Waals surface area contributed by atoms with Gasteiger partial charge in [-0.25, -0.2) is 4.79 Å². The van der Waals surface area contributed by atoms with Crippen molar-refractivity contribution >= 4 is 6.03 Å². The highest BCUT2D eigenvalue weighted by atomic mass is 16.2. The molecule has 12 heavy (non-hydrogen) atoms. The molecule has 2 N–H and O–H groups in total. The molecule has 4 heteroatoms. The molecule has 1 aromatic rings. The second-order valence-corrected chi connectivity index (χ2v) is 2.69. The van der Waals surface area contributed by atoms with Crippen LogP contribution in [0.1, 0.15) is 11.6 Å². The molecule has 1 aliphatic rings. The van der Waals surface area contributed by atoms with E-state index in [0.29, 0.717) is 6.54 Å². The fraction of sp³-hybridized carbons (Fsp3) is 0.250. The molecular formula is C8H9N3O. The predicted octanol–water partition coefficient (Wildman–Crippen LogP) is 0.436. The predicted molar refractivity (Wildman–Crippen MR) is 43.5 cm³/mol. The highest BCUT2D eigenvalue weighted by Gasteiger charge is 2.20. The Labute approximate surface area is 70.0 Å². The smallest absolute Gasteiger partial charge is 0.315 e. The van der Waals surface area contributed by atoms with Crippen LogP contribution in [0.25, 0.3) is 0 Å². The van der Waals surface area contributed by atoms with Crippen LogP contribution < -0.4 is 10.6 Å². The molecule has 0 bridgehead atoms. The van der Waals surface area contributed by atoms with Crippen molar-refractivity contribution in [3.05, 3.63) is 30.1 Å². The second kappa shape index (κ2) is 2.81. The third kappa shape index (κ3) is 1.23. The summed E-state index contributed by atoms with van der Waals surface area (Å²) in [7, 11) is 0. The van der Waals surface area contributed by atoms with Crippen molar-refractivity contribution in [3.8, 4) is 0 Å². The van der Waals surface area contributed by atoms with Gasteiger partial charge in [0.25, 0.3) is 0 Å². The summed E-state index contributed by atoms with van der Waals surface area (Å²) in [5, 5.41) is 5.47. The van der Waals surface area contributed by atoms with E-state index in [1.807, 2.05) is 12.1 Å². The fourth-order valence-corrected chi connectivity index (χ4v) is 1.24. The van der Waals surface area contributed by atoms with Gasteiger partial charge in [-0.3, -0.25) is 4.98 Å². The van der Waals surface area contributed by atoms with Gasteiger partial charge < -0.3 is 10.6 Å². The summed E-state index contributed by atoms with van der Waals surface area (Å²) in [6, 6.07) is 3.78. The lowest BCUT2D eigenvalue weighted by molar-refractivity contribution is 0.247. The van der Waals surface area contributed by atoms with E-state index in [1.165, 1.54) is 0 Å². The first-order chi connectivity index (χ1) is 5.86. The Hall–Kier alpha value is -1.58. The average molecular weight is 163 g/mol. The SMILES string of the molecule is O=C1NCC(c2cccnc2)N1. The second-order valence-electron chi connectivity index (χ2n) is 2.69. The molecule has 2 heterocycles. The van der Waals surface area contributed by atoms with E-state index in [9.17, 15) is 4.79 Å². The maximum absolute atomic E-state index is 10.8. The van der Waals surface area contributed by atoms with Crippen LogP contribution in [0.3, 0.4) is 0 Å². The number of rotatable bonds is 1. The van der Waals surface area contributed by atoms with Crippen LogP contribution in [0.15, 0.2) is 24.5 Å². The minimum atomic E-state index is -0.108.